The van der Waals surface area contributed by atoms with Crippen LogP contribution in [0.25, 0.3) is 0 Å². The number of fused-ring (bicyclic) bond motifs is 1. The van der Waals surface area contributed by atoms with Gasteiger partial charge in [-0.2, -0.15) is 0 Å². The fourth-order valence-corrected chi connectivity index (χ4v) is 7.35. The van der Waals surface area contributed by atoms with Crippen LogP contribution in [0.3, 0.4) is 0 Å². The Morgan fingerprint density at radius 1 is 1.07 bits per heavy atom. The number of piperazine rings is 1. The molecule has 1 amide bonds. The quantitative estimate of drug-likeness (QED) is 0.208. The Bertz CT molecular complexity index is 1150. The number of aryl methyl sites for hydroxylation is 1. The van der Waals surface area contributed by atoms with Gasteiger partial charge in [0, 0.05) is 54.3 Å². The zero-order chi connectivity index (χ0) is 28.9. The average Bonchev–Trinajstić information content (AvgIpc) is 3.42. The average molecular weight is 662 g/mol. The number of phenolic OH excluding ortho intramolecular Hbond substituents is 1. The van der Waals surface area contributed by atoms with Crippen molar-refractivity contribution in [1.29, 1.82) is 0 Å². The normalized spacial score (nSPS) is 19.2. The van der Waals surface area contributed by atoms with Crippen molar-refractivity contribution in [3.05, 3.63) is 58.7 Å². The molecule has 7 heteroatoms. The lowest BCUT2D eigenvalue weighted by Crippen LogP contribution is -2.51. The van der Waals surface area contributed by atoms with Crippen LogP contribution in [0, 0.1) is 5.92 Å². The number of hydrogen-bond donors (Lipinski definition) is 1. The number of rotatable bonds is 12. The number of phenols is 1. The first-order valence-electron chi connectivity index (χ1n) is 15.2. The minimum atomic E-state index is -0.0116. The highest BCUT2D eigenvalue weighted by Gasteiger charge is 2.42. The predicted octanol–water partition coefficient (Wildman–Crippen LogP) is 6.52. The Hall–Kier alpha value is -1.84. The Kier molecular flexibility index (Phi) is 10.8. The summed E-state index contributed by atoms with van der Waals surface area (Å²) >= 11 is 2.60. The van der Waals surface area contributed by atoms with E-state index in [2.05, 4.69) is 79.1 Å². The molecule has 2 aliphatic heterocycles. The predicted molar refractivity (Wildman–Crippen MR) is 172 cm³/mol. The van der Waals surface area contributed by atoms with Crippen molar-refractivity contribution in [1.82, 2.24) is 14.7 Å². The highest BCUT2D eigenvalue weighted by Crippen LogP contribution is 2.41. The summed E-state index contributed by atoms with van der Waals surface area (Å²) in [6.45, 7) is 18.0. The van der Waals surface area contributed by atoms with Gasteiger partial charge in [-0.15, -0.1) is 0 Å². The molecule has 40 heavy (non-hydrogen) atoms. The van der Waals surface area contributed by atoms with Gasteiger partial charge >= 0.3 is 0 Å². The van der Waals surface area contributed by atoms with E-state index in [1.54, 1.807) is 6.07 Å². The SMILES string of the molecule is CCC(C)COc1cc(CCC(CC)(C(C)I)N2Cc3cccc(C(=O)N4CCN(CC)CC4)c3C2)ccc1O. The summed E-state index contributed by atoms with van der Waals surface area (Å²) in [5.74, 6) is 1.43. The van der Waals surface area contributed by atoms with E-state index in [-0.39, 0.29) is 17.2 Å². The Morgan fingerprint density at radius 3 is 2.48 bits per heavy atom. The monoisotopic (exact) mass is 661 g/mol. The number of nitrogens with zero attached hydrogens (tertiary/aromatic N) is 3. The van der Waals surface area contributed by atoms with Gasteiger partial charge in [0.1, 0.15) is 0 Å². The molecule has 0 bridgehead atoms. The number of hydrogen-bond acceptors (Lipinski definition) is 5. The van der Waals surface area contributed by atoms with E-state index in [4.69, 9.17) is 4.74 Å². The molecule has 1 N–H and O–H groups in total. The van der Waals surface area contributed by atoms with Gasteiger partial charge in [-0.1, -0.05) is 81.8 Å². The molecule has 1 fully saturated rings. The van der Waals surface area contributed by atoms with E-state index in [1.807, 2.05) is 23.1 Å². The third-order valence-electron chi connectivity index (χ3n) is 9.39. The minimum Gasteiger partial charge on any atom is -0.504 e. The maximum atomic E-state index is 13.7. The zero-order valence-electron chi connectivity index (χ0n) is 25.1. The third-order valence-corrected chi connectivity index (χ3v) is 10.6. The number of likely N-dealkylation sites (N-methyl/N-ethyl adjacent to an activating group) is 1. The van der Waals surface area contributed by atoms with Gasteiger partial charge in [-0.25, -0.2) is 0 Å². The van der Waals surface area contributed by atoms with Gasteiger partial charge < -0.3 is 19.6 Å². The Balaban J connectivity index is 1.50. The van der Waals surface area contributed by atoms with E-state index in [0.29, 0.717) is 22.2 Å². The summed E-state index contributed by atoms with van der Waals surface area (Å²) in [7, 11) is 0. The maximum Gasteiger partial charge on any atom is 0.254 e. The fourth-order valence-electron chi connectivity index (χ4n) is 6.21. The van der Waals surface area contributed by atoms with Crippen molar-refractivity contribution in [3.63, 3.8) is 0 Å². The summed E-state index contributed by atoms with van der Waals surface area (Å²) in [5.41, 5.74) is 4.56. The van der Waals surface area contributed by atoms with Crippen LogP contribution in [0.4, 0.5) is 0 Å². The molecule has 1 saturated heterocycles. The molecular weight excluding hydrogens is 613 g/mol. The van der Waals surface area contributed by atoms with Crippen molar-refractivity contribution >= 4 is 28.5 Å². The van der Waals surface area contributed by atoms with Crippen LogP contribution >= 0.6 is 22.6 Å². The number of ether oxygens (including phenoxy) is 1. The van der Waals surface area contributed by atoms with E-state index in [0.717, 1.165) is 77.1 Å². The molecular formula is C33H48IN3O3. The standard InChI is InChI=1S/C33H48IN3O3/c1-6-24(4)23-40-31-20-26(12-13-30(31)38)14-15-33(7-2,25(5)34)37-21-27-10-9-11-28(29(27)22-37)32(39)36-18-16-35(8-3)17-19-36/h9-13,20,24-25,38H,6-8,14-19,21-23H2,1-5H3. The summed E-state index contributed by atoms with van der Waals surface area (Å²) in [4.78, 5) is 20.7. The highest BCUT2D eigenvalue weighted by atomic mass is 127. The second-order valence-electron chi connectivity index (χ2n) is 11.7. The molecule has 4 rings (SSSR count). The summed E-state index contributed by atoms with van der Waals surface area (Å²) in [5, 5.41) is 10.4. The minimum absolute atomic E-state index is 0.0116. The second-order valence-corrected chi connectivity index (χ2v) is 13.6. The van der Waals surface area contributed by atoms with Gasteiger partial charge in [0.25, 0.3) is 5.91 Å². The van der Waals surface area contributed by atoms with Gasteiger partial charge in [0.05, 0.1) is 6.61 Å². The molecule has 2 aromatic carbocycles. The Labute approximate surface area is 255 Å². The van der Waals surface area contributed by atoms with Crippen molar-refractivity contribution in [2.45, 2.75) is 82.9 Å². The number of benzene rings is 2. The van der Waals surface area contributed by atoms with E-state index in [1.165, 1.54) is 16.7 Å². The fraction of sp³-hybridized carbons (Fsp3) is 0.606. The maximum absolute atomic E-state index is 13.7. The van der Waals surface area contributed by atoms with Gasteiger partial charge in [0.15, 0.2) is 11.5 Å². The zero-order valence-corrected chi connectivity index (χ0v) is 27.2. The highest BCUT2D eigenvalue weighted by molar-refractivity contribution is 14.1. The first-order chi connectivity index (χ1) is 19.2. The van der Waals surface area contributed by atoms with Crippen molar-refractivity contribution in [2.24, 2.45) is 5.92 Å². The van der Waals surface area contributed by atoms with Crippen LogP contribution in [0.5, 0.6) is 11.5 Å². The lowest BCUT2D eigenvalue weighted by atomic mass is 9.84. The van der Waals surface area contributed by atoms with Gasteiger partial charge in [0.2, 0.25) is 0 Å². The number of alkyl halides is 1. The number of carbonyl (C=O) groups is 1. The molecule has 6 nitrogen and oxygen atoms in total. The van der Waals surface area contributed by atoms with Crippen molar-refractivity contribution < 1.29 is 14.6 Å². The molecule has 220 valence electrons. The topological polar surface area (TPSA) is 56.2 Å². The molecule has 0 radical (unpaired) electrons. The molecule has 0 aromatic heterocycles. The molecule has 3 unspecified atom stereocenters. The van der Waals surface area contributed by atoms with E-state index >= 15 is 0 Å². The van der Waals surface area contributed by atoms with Gasteiger partial charge in [-0.3, -0.25) is 9.69 Å². The second kappa shape index (κ2) is 13.9. The lowest BCUT2D eigenvalue weighted by Gasteiger charge is -2.44. The first kappa shape index (κ1) is 31.1. The van der Waals surface area contributed by atoms with Gasteiger partial charge in [-0.05, 0) is 66.6 Å². The van der Waals surface area contributed by atoms with E-state index in [9.17, 15) is 9.90 Å². The molecule has 0 spiro atoms. The number of carbonyl (C=O) groups excluding carboxylic acids is 1. The van der Waals surface area contributed by atoms with E-state index < -0.39 is 0 Å². The smallest absolute Gasteiger partial charge is 0.254 e. The summed E-state index contributed by atoms with van der Waals surface area (Å²) < 4.78 is 6.40. The lowest BCUT2D eigenvalue weighted by molar-refractivity contribution is 0.0633. The molecule has 2 aliphatic rings. The molecule has 0 saturated carbocycles. The van der Waals surface area contributed by atoms with Crippen LogP contribution in [0.2, 0.25) is 0 Å². The van der Waals surface area contributed by atoms with Crippen LogP contribution in [0.1, 0.15) is 80.9 Å². The molecule has 0 aliphatic carbocycles. The number of halogens is 1. The van der Waals surface area contributed by atoms with Crippen molar-refractivity contribution in [2.75, 3.05) is 39.3 Å². The van der Waals surface area contributed by atoms with Crippen LogP contribution in [-0.2, 0) is 19.5 Å². The Morgan fingerprint density at radius 2 is 1.82 bits per heavy atom. The third kappa shape index (κ3) is 6.79. The van der Waals surface area contributed by atoms with Crippen LogP contribution in [-0.4, -0.2) is 74.5 Å². The number of amides is 1. The van der Waals surface area contributed by atoms with Crippen LogP contribution in [0.15, 0.2) is 36.4 Å². The molecule has 3 atom stereocenters. The summed E-state index contributed by atoms with van der Waals surface area (Å²) in [6, 6.07) is 12.1. The number of aromatic hydroxyl groups is 1. The largest absolute Gasteiger partial charge is 0.504 e. The molecule has 2 aromatic rings. The summed E-state index contributed by atoms with van der Waals surface area (Å²) in [6.07, 6.45) is 3.98. The first-order valence-corrected chi connectivity index (χ1v) is 16.4. The molecule has 2 heterocycles. The van der Waals surface area contributed by atoms with Crippen LogP contribution < -0.4 is 4.74 Å². The van der Waals surface area contributed by atoms with Crippen molar-refractivity contribution in [3.8, 4) is 11.5 Å².